The molecule has 0 aliphatic carbocycles. The summed E-state index contributed by atoms with van der Waals surface area (Å²) in [5, 5.41) is 3.15. The van der Waals surface area contributed by atoms with E-state index in [1.54, 1.807) is 30.3 Å². The van der Waals surface area contributed by atoms with E-state index in [1.807, 2.05) is 0 Å². The van der Waals surface area contributed by atoms with Crippen molar-refractivity contribution in [2.75, 3.05) is 52.9 Å². The third-order valence-corrected chi connectivity index (χ3v) is 6.87. The molecule has 1 aromatic rings. The van der Waals surface area contributed by atoms with Crippen molar-refractivity contribution in [1.82, 2.24) is 15.1 Å². The fourth-order valence-corrected chi connectivity index (χ4v) is 4.16. The number of rotatable bonds is 13. The molecule has 0 radical (unpaired) electrons. The molecule has 1 aliphatic heterocycles. The molecule has 1 heterocycles. The monoisotopic (exact) mass is 459 g/mol. The van der Waals surface area contributed by atoms with Gasteiger partial charge in [0.05, 0.1) is 13.2 Å². The number of ketones is 1. The summed E-state index contributed by atoms with van der Waals surface area (Å²) in [6.45, 7) is 11.7. The number of piperazine rings is 1. The number of nitrogens with one attached hydrogen (secondary N) is 1. The SMILES string of the molecule is CCC(CCOC(=O)C(=O)c1ccccc1)CC(C)(CC)CNC(=O)CN1CCN(C)CC1. The quantitative estimate of drug-likeness (QED) is 0.278. The van der Waals surface area contributed by atoms with Gasteiger partial charge in [-0.05, 0) is 37.6 Å². The fourth-order valence-electron chi connectivity index (χ4n) is 4.16. The van der Waals surface area contributed by atoms with Gasteiger partial charge in [-0.25, -0.2) is 4.79 Å². The average molecular weight is 460 g/mol. The van der Waals surface area contributed by atoms with Gasteiger partial charge in [0.1, 0.15) is 0 Å². The summed E-state index contributed by atoms with van der Waals surface area (Å²) in [6.07, 6.45) is 3.54. The van der Waals surface area contributed by atoms with Crippen LogP contribution in [0.25, 0.3) is 0 Å². The smallest absolute Gasteiger partial charge is 0.379 e. The van der Waals surface area contributed by atoms with Crippen molar-refractivity contribution in [2.45, 2.75) is 46.5 Å². The van der Waals surface area contributed by atoms with Crippen molar-refractivity contribution >= 4 is 17.7 Å². The van der Waals surface area contributed by atoms with E-state index >= 15 is 0 Å². The molecule has 33 heavy (non-hydrogen) atoms. The van der Waals surface area contributed by atoms with Crippen LogP contribution in [0.5, 0.6) is 0 Å². The van der Waals surface area contributed by atoms with Gasteiger partial charge in [-0.3, -0.25) is 14.5 Å². The lowest BCUT2D eigenvalue weighted by atomic mass is 9.77. The lowest BCUT2D eigenvalue weighted by Crippen LogP contribution is -2.49. The molecular weight excluding hydrogens is 418 g/mol. The number of likely N-dealkylation sites (N-methyl/N-ethyl adjacent to an activating group) is 1. The van der Waals surface area contributed by atoms with Crippen molar-refractivity contribution in [3.05, 3.63) is 35.9 Å². The Morgan fingerprint density at radius 3 is 2.36 bits per heavy atom. The Labute approximate surface area is 198 Å². The maximum Gasteiger partial charge on any atom is 0.379 e. The van der Waals surface area contributed by atoms with Gasteiger partial charge < -0.3 is 15.0 Å². The summed E-state index contributed by atoms with van der Waals surface area (Å²) in [5.74, 6) is -0.972. The number of hydrogen-bond donors (Lipinski definition) is 1. The van der Waals surface area contributed by atoms with Crippen LogP contribution in [0.4, 0.5) is 0 Å². The van der Waals surface area contributed by atoms with Crippen molar-refractivity contribution in [2.24, 2.45) is 11.3 Å². The molecule has 184 valence electrons. The topological polar surface area (TPSA) is 78.9 Å². The predicted octanol–water partition coefficient (Wildman–Crippen LogP) is 3.00. The summed E-state index contributed by atoms with van der Waals surface area (Å²) >= 11 is 0. The first kappa shape index (κ1) is 27.0. The second-order valence-electron chi connectivity index (χ2n) is 9.62. The number of benzene rings is 1. The van der Waals surface area contributed by atoms with Crippen LogP contribution >= 0.6 is 0 Å². The molecule has 1 saturated heterocycles. The minimum atomic E-state index is -0.800. The van der Waals surface area contributed by atoms with Gasteiger partial charge in [0, 0.05) is 38.3 Å². The summed E-state index contributed by atoms with van der Waals surface area (Å²) in [4.78, 5) is 41.2. The molecule has 0 saturated carbocycles. The number of Topliss-reactive ketones (excluding diaryl/α,β-unsaturated/α-hetero) is 1. The standard InChI is InChI=1S/C26H41N3O4/c1-5-21(12-17-33-25(32)24(31)22-10-8-7-9-11-22)18-26(3,6-2)20-27-23(30)19-29-15-13-28(4)14-16-29/h7-11,21H,5-6,12-20H2,1-4H3,(H,27,30). The largest absolute Gasteiger partial charge is 0.460 e. The second kappa shape index (κ2) is 13.5. The number of amides is 1. The zero-order chi connectivity index (χ0) is 24.3. The lowest BCUT2D eigenvalue weighted by molar-refractivity contribution is -0.138. The number of carbonyl (C=O) groups is 3. The molecule has 1 fully saturated rings. The molecule has 1 N–H and O–H groups in total. The Morgan fingerprint density at radius 1 is 1.09 bits per heavy atom. The summed E-state index contributed by atoms with van der Waals surface area (Å²) < 4.78 is 5.26. The van der Waals surface area contributed by atoms with Gasteiger partial charge >= 0.3 is 5.97 Å². The van der Waals surface area contributed by atoms with Gasteiger partial charge in [-0.2, -0.15) is 0 Å². The molecule has 7 nitrogen and oxygen atoms in total. The average Bonchev–Trinajstić information content (AvgIpc) is 2.83. The molecule has 2 rings (SSSR count). The highest BCUT2D eigenvalue weighted by atomic mass is 16.5. The van der Waals surface area contributed by atoms with E-state index in [1.165, 1.54) is 0 Å². The Kier molecular flexibility index (Phi) is 11.0. The molecule has 1 aliphatic rings. The van der Waals surface area contributed by atoms with Gasteiger partial charge in [-0.1, -0.05) is 57.5 Å². The zero-order valence-electron chi connectivity index (χ0n) is 20.8. The number of esters is 1. The van der Waals surface area contributed by atoms with Crippen molar-refractivity contribution in [1.29, 1.82) is 0 Å². The first-order valence-electron chi connectivity index (χ1n) is 12.2. The summed E-state index contributed by atoms with van der Waals surface area (Å²) in [7, 11) is 2.11. The minimum Gasteiger partial charge on any atom is -0.460 e. The van der Waals surface area contributed by atoms with Crippen LogP contribution < -0.4 is 5.32 Å². The van der Waals surface area contributed by atoms with Crippen LogP contribution in [0.3, 0.4) is 0 Å². The van der Waals surface area contributed by atoms with Crippen LogP contribution in [0.1, 0.15) is 56.8 Å². The minimum absolute atomic E-state index is 0.0255. The highest BCUT2D eigenvalue weighted by Gasteiger charge is 2.27. The maximum absolute atomic E-state index is 12.5. The Bertz CT molecular complexity index is 762. The van der Waals surface area contributed by atoms with E-state index in [4.69, 9.17) is 4.74 Å². The second-order valence-corrected chi connectivity index (χ2v) is 9.62. The van der Waals surface area contributed by atoms with E-state index in [0.29, 0.717) is 31.0 Å². The first-order chi connectivity index (χ1) is 15.8. The van der Waals surface area contributed by atoms with E-state index in [0.717, 1.165) is 45.4 Å². The van der Waals surface area contributed by atoms with Crippen LogP contribution in [-0.2, 0) is 14.3 Å². The van der Waals surface area contributed by atoms with Crippen LogP contribution in [0.15, 0.2) is 30.3 Å². The van der Waals surface area contributed by atoms with Crippen molar-refractivity contribution < 1.29 is 19.1 Å². The van der Waals surface area contributed by atoms with E-state index in [9.17, 15) is 14.4 Å². The lowest BCUT2D eigenvalue weighted by Gasteiger charge is -2.34. The molecule has 2 atom stereocenters. The van der Waals surface area contributed by atoms with Crippen LogP contribution in [-0.4, -0.2) is 80.4 Å². The number of nitrogens with zero attached hydrogens (tertiary/aromatic N) is 2. The molecule has 0 bridgehead atoms. The summed E-state index contributed by atoms with van der Waals surface area (Å²) in [6, 6.07) is 8.48. The van der Waals surface area contributed by atoms with Crippen molar-refractivity contribution in [3.8, 4) is 0 Å². The van der Waals surface area contributed by atoms with Crippen LogP contribution in [0, 0.1) is 11.3 Å². The normalized spacial score (nSPS) is 17.7. The zero-order valence-corrected chi connectivity index (χ0v) is 20.8. The fraction of sp³-hybridized carbons (Fsp3) is 0.654. The highest BCUT2D eigenvalue weighted by Crippen LogP contribution is 2.32. The molecule has 1 aromatic carbocycles. The molecule has 2 unspecified atom stereocenters. The Balaban J connectivity index is 1.75. The van der Waals surface area contributed by atoms with E-state index < -0.39 is 11.8 Å². The van der Waals surface area contributed by atoms with Gasteiger partial charge in [0.25, 0.3) is 5.78 Å². The molecule has 7 heteroatoms. The van der Waals surface area contributed by atoms with Gasteiger partial charge in [0.2, 0.25) is 5.91 Å². The summed E-state index contributed by atoms with van der Waals surface area (Å²) in [5.41, 5.74) is 0.322. The van der Waals surface area contributed by atoms with E-state index in [-0.39, 0.29) is 17.9 Å². The van der Waals surface area contributed by atoms with Gasteiger partial charge in [0.15, 0.2) is 0 Å². The third-order valence-electron chi connectivity index (χ3n) is 6.87. The van der Waals surface area contributed by atoms with E-state index in [2.05, 4.69) is 42.9 Å². The maximum atomic E-state index is 12.5. The van der Waals surface area contributed by atoms with Crippen molar-refractivity contribution in [3.63, 3.8) is 0 Å². The van der Waals surface area contributed by atoms with Gasteiger partial charge in [-0.15, -0.1) is 0 Å². The predicted molar refractivity (Wildman–Crippen MR) is 130 cm³/mol. The Hall–Kier alpha value is -2.25. The highest BCUT2D eigenvalue weighted by molar-refractivity contribution is 6.40. The number of ether oxygens (including phenoxy) is 1. The Morgan fingerprint density at radius 2 is 1.76 bits per heavy atom. The first-order valence-corrected chi connectivity index (χ1v) is 12.2. The molecular formula is C26H41N3O4. The molecule has 0 spiro atoms. The molecule has 0 aromatic heterocycles. The number of carbonyl (C=O) groups excluding carboxylic acids is 3. The molecule has 1 amide bonds. The number of hydrogen-bond acceptors (Lipinski definition) is 6. The van der Waals surface area contributed by atoms with Crippen LogP contribution in [0.2, 0.25) is 0 Å². The third kappa shape index (κ3) is 9.26.